The fourth-order valence-corrected chi connectivity index (χ4v) is 2.40. The van der Waals surface area contributed by atoms with Crippen molar-refractivity contribution in [2.45, 2.75) is 6.42 Å². The van der Waals surface area contributed by atoms with Crippen molar-refractivity contribution in [1.29, 1.82) is 0 Å². The van der Waals surface area contributed by atoms with Crippen molar-refractivity contribution in [2.75, 3.05) is 5.73 Å². The molecule has 0 aliphatic carbocycles. The number of H-pyrrole nitrogens is 1. The van der Waals surface area contributed by atoms with Crippen molar-refractivity contribution in [3.63, 3.8) is 0 Å². The molecule has 3 N–H and O–H groups in total. The Labute approximate surface area is 136 Å². The number of hydrogen-bond acceptors (Lipinski definition) is 3. The number of aromatic nitrogens is 3. The molecule has 0 bridgehead atoms. The zero-order valence-electron chi connectivity index (χ0n) is 11.3. The molecule has 0 unspecified atom stereocenters. The number of hydrogen-bond donors (Lipinski definition) is 2. The van der Waals surface area contributed by atoms with Crippen LogP contribution in [0.1, 0.15) is 11.4 Å². The van der Waals surface area contributed by atoms with Gasteiger partial charge < -0.3 is 5.73 Å². The van der Waals surface area contributed by atoms with Crippen LogP contribution >= 0.6 is 23.2 Å². The summed E-state index contributed by atoms with van der Waals surface area (Å²) < 4.78 is 13.8. The molecule has 112 valence electrons. The number of aromatic amines is 1. The lowest BCUT2D eigenvalue weighted by Gasteiger charge is -2.03. The topological polar surface area (TPSA) is 67.6 Å². The van der Waals surface area contributed by atoms with E-state index in [9.17, 15) is 4.39 Å². The molecule has 22 heavy (non-hydrogen) atoms. The van der Waals surface area contributed by atoms with Crippen LogP contribution in [0, 0.1) is 5.82 Å². The highest BCUT2D eigenvalue weighted by Crippen LogP contribution is 2.25. The second-order valence-electron chi connectivity index (χ2n) is 4.72. The number of nitrogens with one attached hydrogen (secondary N) is 1. The van der Waals surface area contributed by atoms with Gasteiger partial charge in [-0.15, -0.1) is 0 Å². The van der Waals surface area contributed by atoms with E-state index in [2.05, 4.69) is 15.2 Å². The van der Waals surface area contributed by atoms with Crippen LogP contribution in [0.25, 0.3) is 11.4 Å². The molecule has 0 radical (unpaired) electrons. The van der Waals surface area contributed by atoms with E-state index < -0.39 is 0 Å². The average Bonchev–Trinajstić information content (AvgIpc) is 2.95. The molecule has 0 atom stereocenters. The molecule has 4 nitrogen and oxygen atoms in total. The van der Waals surface area contributed by atoms with Crippen molar-refractivity contribution in [3.05, 3.63) is 63.6 Å². The Morgan fingerprint density at radius 1 is 1.14 bits per heavy atom. The third-order valence-electron chi connectivity index (χ3n) is 3.19. The summed E-state index contributed by atoms with van der Waals surface area (Å²) in [7, 11) is 0. The van der Waals surface area contributed by atoms with Gasteiger partial charge in [0.05, 0.1) is 10.7 Å². The van der Waals surface area contributed by atoms with Gasteiger partial charge in [0.1, 0.15) is 11.6 Å². The standard InChI is InChI=1S/C15H11Cl2FN4/c16-10-2-1-3-12(18)9(10)7-14-20-15(22-21-14)8-4-5-11(17)13(19)6-8/h1-6H,7,19H2,(H,20,21,22). The van der Waals surface area contributed by atoms with Crippen molar-refractivity contribution >= 4 is 28.9 Å². The van der Waals surface area contributed by atoms with Crippen LogP contribution < -0.4 is 5.73 Å². The van der Waals surface area contributed by atoms with Crippen molar-refractivity contribution in [1.82, 2.24) is 15.2 Å². The van der Waals surface area contributed by atoms with Crippen LogP contribution in [0.15, 0.2) is 36.4 Å². The molecular weight excluding hydrogens is 326 g/mol. The zero-order chi connectivity index (χ0) is 15.7. The second kappa shape index (κ2) is 5.94. The molecule has 2 aromatic carbocycles. The SMILES string of the molecule is Nc1cc(-c2n[nH]c(Cc3c(F)cccc3Cl)n2)ccc1Cl. The summed E-state index contributed by atoms with van der Waals surface area (Å²) in [6.45, 7) is 0. The third-order valence-corrected chi connectivity index (χ3v) is 3.89. The van der Waals surface area contributed by atoms with E-state index in [4.69, 9.17) is 28.9 Å². The quantitative estimate of drug-likeness (QED) is 0.708. The maximum Gasteiger partial charge on any atom is 0.181 e. The minimum absolute atomic E-state index is 0.224. The first-order valence-corrected chi connectivity index (χ1v) is 7.20. The van der Waals surface area contributed by atoms with Gasteiger partial charge in [-0.25, -0.2) is 9.37 Å². The molecule has 0 saturated heterocycles. The minimum atomic E-state index is -0.374. The average molecular weight is 337 g/mol. The molecule has 0 aliphatic rings. The van der Waals surface area contributed by atoms with Crippen molar-refractivity contribution < 1.29 is 4.39 Å². The summed E-state index contributed by atoms with van der Waals surface area (Å²) >= 11 is 11.9. The molecule has 1 heterocycles. The summed E-state index contributed by atoms with van der Waals surface area (Å²) in [5, 5.41) is 7.72. The molecule has 0 spiro atoms. The summed E-state index contributed by atoms with van der Waals surface area (Å²) in [4.78, 5) is 4.34. The Bertz CT molecular complexity index is 812. The highest BCUT2D eigenvalue weighted by molar-refractivity contribution is 6.33. The Balaban J connectivity index is 1.89. The molecule has 0 aliphatic heterocycles. The Morgan fingerprint density at radius 2 is 1.95 bits per heavy atom. The van der Waals surface area contributed by atoms with Gasteiger partial charge in [-0.3, -0.25) is 5.10 Å². The molecule has 7 heteroatoms. The van der Waals surface area contributed by atoms with Crippen molar-refractivity contribution in [3.8, 4) is 11.4 Å². The number of nitrogen functional groups attached to an aromatic ring is 1. The maximum atomic E-state index is 13.8. The van der Waals surface area contributed by atoms with Crippen LogP contribution in [0.5, 0.6) is 0 Å². The van der Waals surface area contributed by atoms with E-state index in [1.165, 1.54) is 6.07 Å². The number of benzene rings is 2. The number of nitrogens with zero attached hydrogens (tertiary/aromatic N) is 2. The Kier molecular flexibility index (Phi) is 4.00. The molecule has 0 fully saturated rings. The fourth-order valence-electron chi connectivity index (χ4n) is 2.05. The molecular formula is C15H11Cl2FN4. The van der Waals surface area contributed by atoms with Gasteiger partial charge in [0.15, 0.2) is 5.82 Å². The van der Waals surface area contributed by atoms with Gasteiger partial charge in [0.2, 0.25) is 0 Å². The van der Waals surface area contributed by atoms with Gasteiger partial charge in [0, 0.05) is 22.6 Å². The van der Waals surface area contributed by atoms with Crippen LogP contribution in [0.2, 0.25) is 10.0 Å². The van der Waals surface area contributed by atoms with Crippen LogP contribution in [0.3, 0.4) is 0 Å². The predicted octanol–water partition coefficient (Wildman–Crippen LogP) is 4.09. The smallest absolute Gasteiger partial charge is 0.181 e. The molecule has 0 amide bonds. The van der Waals surface area contributed by atoms with Crippen LogP contribution in [-0.2, 0) is 6.42 Å². The lowest BCUT2D eigenvalue weighted by atomic mass is 10.1. The van der Waals surface area contributed by atoms with Gasteiger partial charge in [-0.2, -0.15) is 5.10 Å². The van der Waals surface area contributed by atoms with E-state index in [0.717, 1.165) is 5.56 Å². The summed E-state index contributed by atoms with van der Waals surface area (Å²) in [6, 6.07) is 9.68. The lowest BCUT2D eigenvalue weighted by molar-refractivity contribution is 0.612. The Hall–Kier alpha value is -2.11. The van der Waals surface area contributed by atoms with Crippen LogP contribution in [-0.4, -0.2) is 15.2 Å². The molecule has 3 rings (SSSR count). The largest absolute Gasteiger partial charge is 0.398 e. The highest BCUT2D eigenvalue weighted by Gasteiger charge is 2.12. The second-order valence-corrected chi connectivity index (χ2v) is 5.53. The fraction of sp³-hybridized carbons (Fsp3) is 0.0667. The van der Waals surface area contributed by atoms with E-state index in [0.29, 0.717) is 32.9 Å². The first-order valence-electron chi connectivity index (χ1n) is 6.44. The predicted molar refractivity (Wildman–Crippen MR) is 85.5 cm³/mol. The van der Waals surface area contributed by atoms with Crippen LogP contribution in [0.4, 0.5) is 10.1 Å². The molecule has 1 aromatic heterocycles. The number of nitrogens with two attached hydrogens (primary N) is 1. The zero-order valence-corrected chi connectivity index (χ0v) is 12.8. The van der Waals surface area contributed by atoms with E-state index in [-0.39, 0.29) is 12.2 Å². The first-order chi connectivity index (χ1) is 10.5. The summed E-state index contributed by atoms with van der Waals surface area (Å²) in [5.74, 6) is 0.600. The van der Waals surface area contributed by atoms with Gasteiger partial charge in [-0.05, 0) is 30.3 Å². The van der Waals surface area contributed by atoms with Crippen molar-refractivity contribution in [2.24, 2.45) is 0 Å². The van der Waals surface area contributed by atoms with E-state index >= 15 is 0 Å². The monoisotopic (exact) mass is 336 g/mol. The van der Waals surface area contributed by atoms with E-state index in [1.54, 1.807) is 30.3 Å². The van der Waals surface area contributed by atoms with Gasteiger partial charge >= 0.3 is 0 Å². The summed E-state index contributed by atoms with van der Waals surface area (Å²) in [5.41, 5.74) is 7.31. The minimum Gasteiger partial charge on any atom is -0.398 e. The van der Waals surface area contributed by atoms with Gasteiger partial charge in [-0.1, -0.05) is 29.3 Å². The first kappa shape index (κ1) is 14.8. The molecule has 3 aromatic rings. The van der Waals surface area contributed by atoms with E-state index in [1.807, 2.05) is 0 Å². The molecule has 0 saturated carbocycles. The third kappa shape index (κ3) is 2.91. The number of anilines is 1. The summed E-state index contributed by atoms with van der Waals surface area (Å²) in [6.07, 6.45) is 0.224. The van der Waals surface area contributed by atoms with Gasteiger partial charge in [0.25, 0.3) is 0 Å². The number of halogens is 3. The Morgan fingerprint density at radius 3 is 2.68 bits per heavy atom. The highest BCUT2D eigenvalue weighted by atomic mass is 35.5. The maximum absolute atomic E-state index is 13.8. The number of rotatable bonds is 3. The normalized spacial score (nSPS) is 10.9. The lowest BCUT2D eigenvalue weighted by Crippen LogP contribution is -1.96.